The van der Waals surface area contributed by atoms with Gasteiger partial charge in [-0.3, -0.25) is 4.90 Å². The molecule has 0 saturated carbocycles. The number of pyridine rings is 1. The third-order valence-electron chi connectivity index (χ3n) is 6.26. The Kier molecular flexibility index (Phi) is 7.57. The SMILES string of the molecule is Cl.c1cc(OCCN2CCSCC2)cc(-c2nc(N3CCOCC3)c3oc4ncccc4c3n2)c1. The lowest BCUT2D eigenvalue weighted by atomic mass is 10.2. The van der Waals surface area contributed by atoms with Crippen LogP contribution in [0.2, 0.25) is 0 Å². The highest BCUT2D eigenvalue weighted by atomic mass is 35.5. The molecular formula is C25H28ClN5O3S. The van der Waals surface area contributed by atoms with Crippen molar-refractivity contribution in [3.05, 3.63) is 42.6 Å². The van der Waals surface area contributed by atoms with E-state index in [1.54, 1.807) is 6.20 Å². The molecule has 5 heterocycles. The van der Waals surface area contributed by atoms with Gasteiger partial charge in [0.2, 0.25) is 5.71 Å². The van der Waals surface area contributed by atoms with Gasteiger partial charge in [-0.15, -0.1) is 12.4 Å². The van der Waals surface area contributed by atoms with Gasteiger partial charge in [-0.1, -0.05) is 12.1 Å². The molecule has 3 aromatic heterocycles. The van der Waals surface area contributed by atoms with Gasteiger partial charge >= 0.3 is 0 Å². The normalized spacial score (nSPS) is 17.0. The van der Waals surface area contributed by atoms with Crippen LogP contribution in [0.1, 0.15) is 0 Å². The van der Waals surface area contributed by atoms with E-state index in [9.17, 15) is 0 Å². The lowest BCUT2D eigenvalue weighted by molar-refractivity contribution is 0.122. The summed E-state index contributed by atoms with van der Waals surface area (Å²) in [6.45, 7) is 6.74. The van der Waals surface area contributed by atoms with Crippen LogP contribution >= 0.6 is 24.2 Å². The van der Waals surface area contributed by atoms with E-state index in [1.165, 1.54) is 11.5 Å². The Hall–Kier alpha value is -2.59. The number of thioether (sulfide) groups is 1. The molecule has 2 aliphatic heterocycles. The Labute approximate surface area is 214 Å². The number of rotatable bonds is 6. The molecule has 2 aliphatic rings. The van der Waals surface area contributed by atoms with E-state index in [-0.39, 0.29) is 12.4 Å². The first-order valence-electron chi connectivity index (χ1n) is 11.8. The second kappa shape index (κ2) is 11.0. The van der Waals surface area contributed by atoms with Gasteiger partial charge in [-0.2, -0.15) is 11.8 Å². The average Bonchev–Trinajstić information content (AvgIpc) is 3.28. The number of benzene rings is 1. The summed E-state index contributed by atoms with van der Waals surface area (Å²) in [5, 5.41) is 0.891. The minimum Gasteiger partial charge on any atom is -0.492 e. The van der Waals surface area contributed by atoms with Crippen LogP contribution in [0.4, 0.5) is 5.82 Å². The number of halogens is 1. The summed E-state index contributed by atoms with van der Waals surface area (Å²) in [7, 11) is 0. The van der Waals surface area contributed by atoms with E-state index in [2.05, 4.69) is 14.8 Å². The van der Waals surface area contributed by atoms with Gasteiger partial charge < -0.3 is 18.8 Å². The molecule has 35 heavy (non-hydrogen) atoms. The van der Waals surface area contributed by atoms with Crippen LogP contribution in [0.15, 0.2) is 47.0 Å². The van der Waals surface area contributed by atoms with Crippen molar-refractivity contribution in [3.8, 4) is 17.1 Å². The number of furan rings is 1. The van der Waals surface area contributed by atoms with Crippen molar-refractivity contribution < 1.29 is 13.9 Å². The standard InChI is InChI=1S/C25H27N5O3S.ClH/c1-3-18(17-19(4-1)32-14-7-29-10-15-34-16-11-29)23-27-21-20-5-2-6-26-25(20)33-22(21)24(28-23)30-8-12-31-13-9-30;/h1-6,17H,7-16H2;1H. The van der Waals surface area contributed by atoms with Crippen LogP contribution in [-0.2, 0) is 4.74 Å². The molecule has 0 atom stereocenters. The van der Waals surface area contributed by atoms with Crippen molar-refractivity contribution in [2.75, 3.05) is 69.0 Å². The molecular weight excluding hydrogens is 486 g/mol. The predicted molar refractivity (Wildman–Crippen MR) is 142 cm³/mol. The predicted octanol–water partition coefficient (Wildman–Crippen LogP) is 4.12. The minimum absolute atomic E-state index is 0. The fourth-order valence-corrected chi connectivity index (χ4v) is 5.40. The van der Waals surface area contributed by atoms with Gasteiger partial charge in [0.25, 0.3) is 0 Å². The maximum atomic E-state index is 6.11. The smallest absolute Gasteiger partial charge is 0.229 e. The Morgan fingerprint density at radius 1 is 1.00 bits per heavy atom. The van der Waals surface area contributed by atoms with Crippen molar-refractivity contribution in [3.63, 3.8) is 0 Å². The number of fused-ring (bicyclic) bond motifs is 3. The molecule has 0 unspecified atom stereocenters. The maximum Gasteiger partial charge on any atom is 0.229 e. The van der Waals surface area contributed by atoms with Gasteiger partial charge in [0.15, 0.2) is 17.2 Å². The number of hydrogen-bond donors (Lipinski definition) is 0. The Morgan fingerprint density at radius 2 is 1.86 bits per heavy atom. The highest BCUT2D eigenvalue weighted by Crippen LogP contribution is 2.34. The summed E-state index contributed by atoms with van der Waals surface area (Å²) < 4.78 is 17.8. The fraction of sp³-hybridized carbons (Fsp3) is 0.400. The highest BCUT2D eigenvalue weighted by Gasteiger charge is 2.23. The zero-order valence-electron chi connectivity index (χ0n) is 19.4. The maximum absolute atomic E-state index is 6.11. The quantitative estimate of drug-likeness (QED) is 0.378. The summed E-state index contributed by atoms with van der Waals surface area (Å²) >= 11 is 2.02. The monoisotopic (exact) mass is 513 g/mol. The van der Waals surface area contributed by atoms with E-state index < -0.39 is 0 Å². The van der Waals surface area contributed by atoms with Crippen molar-refractivity contribution in [1.82, 2.24) is 19.9 Å². The molecule has 0 spiro atoms. The van der Waals surface area contributed by atoms with Crippen LogP contribution in [0.25, 0.3) is 33.6 Å². The van der Waals surface area contributed by atoms with Crippen LogP contribution in [0.3, 0.4) is 0 Å². The molecule has 10 heteroatoms. The number of aromatic nitrogens is 3. The minimum atomic E-state index is 0. The van der Waals surface area contributed by atoms with Gasteiger partial charge in [0.1, 0.15) is 17.9 Å². The van der Waals surface area contributed by atoms with Gasteiger partial charge in [-0.25, -0.2) is 15.0 Å². The van der Waals surface area contributed by atoms with Crippen molar-refractivity contribution in [2.24, 2.45) is 0 Å². The number of ether oxygens (including phenoxy) is 2. The van der Waals surface area contributed by atoms with E-state index in [4.69, 9.17) is 23.9 Å². The van der Waals surface area contributed by atoms with E-state index in [0.717, 1.165) is 60.8 Å². The molecule has 184 valence electrons. The van der Waals surface area contributed by atoms with Crippen LogP contribution in [-0.4, -0.2) is 83.9 Å². The third kappa shape index (κ3) is 5.18. The second-order valence-corrected chi connectivity index (χ2v) is 9.66. The Balaban J connectivity index is 0.00000253. The van der Waals surface area contributed by atoms with Crippen LogP contribution < -0.4 is 9.64 Å². The number of hydrogen-bond acceptors (Lipinski definition) is 9. The van der Waals surface area contributed by atoms with Gasteiger partial charge in [0.05, 0.1) is 18.6 Å². The van der Waals surface area contributed by atoms with Crippen molar-refractivity contribution >= 4 is 52.2 Å². The lowest BCUT2D eigenvalue weighted by Gasteiger charge is -2.27. The first kappa shape index (κ1) is 24.1. The largest absolute Gasteiger partial charge is 0.492 e. The van der Waals surface area contributed by atoms with Crippen LogP contribution in [0, 0.1) is 0 Å². The topological polar surface area (TPSA) is 76.8 Å². The lowest BCUT2D eigenvalue weighted by Crippen LogP contribution is -2.37. The van der Waals surface area contributed by atoms with Crippen molar-refractivity contribution in [2.45, 2.75) is 0 Å². The number of morpholine rings is 1. The fourth-order valence-electron chi connectivity index (χ4n) is 4.43. The number of anilines is 1. The summed E-state index contributed by atoms with van der Waals surface area (Å²) in [4.78, 5) is 18.9. The second-order valence-electron chi connectivity index (χ2n) is 8.44. The molecule has 0 N–H and O–H groups in total. The molecule has 0 bridgehead atoms. The number of nitrogens with zero attached hydrogens (tertiary/aromatic N) is 5. The van der Waals surface area contributed by atoms with Gasteiger partial charge in [-0.05, 0) is 24.3 Å². The van der Waals surface area contributed by atoms with Crippen LogP contribution in [0.5, 0.6) is 5.75 Å². The molecule has 0 aliphatic carbocycles. The molecule has 2 fully saturated rings. The first-order valence-corrected chi connectivity index (χ1v) is 12.9. The molecule has 2 saturated heterocycles. The summed E-state index contributed by atoms with van der Waals surface area (Å²) in [6, 6.07) is 11.9. The molecule has 1 aromatic carbocycles. The first-order chi connectivity index (χ1) is 16.8. The van der Waals surface area contributed by atoms with Gasteiger partial charge in [0, 0.05) is 56.0 Å². The molecule has 4 aromatic rings. The Morgan fingerprint density at radius 3 is 2.71 bits per heavy atom. The molecule has 6 rings (SSSR count). The summed E-state index contributed by atoms with van der Waals surface area (Å²) in [5.41, 5.74) is 2.95. The zero-order valence-corrected chi connectivity index (χ0v) is 21.0. The summed E-state index contributed by atoms with van der Waals surface area (Å²) in [6.07, 6.45) is 1.73. The zero-order chi connectivity index (χ0) is 22.7. The van der Waals surface area contributed by atoms with E-state index in [1.807, 2.05) is 48.2 Å². The van der Waals surface area contributed by atoms with Crippen molar-refractivity contribution in [1.29, 1.82) is 0 Å². The molecule has 0 amide bonds. The molecule has 0 radical (unpaired) electrons. The summed E-state index contributed by atoms with van der Waals surface area (Å²) in [5.74, 6) is 4.69. The average molecular weight is 514 g/mol. The third-order valence-corrected chi connectivity index (χ3v) is 7.20. The molecule has 8 nitrogen and oxygen atoms in total. The highest BCUT2D eigenvalue weighted by molar-refractivity contribution is 7.99. The van der Waals surface area contributed by atoms with E-state index in [0.29, 0.717) is 36.9 Å². The van der Waals surface area contributed by atoms with E-state index >= 15 is 0 Å². The Bertz CT molecular complexity index is 1290.